The monoisotopic (exact) mass is 458 g/mol. The van der Waals surface area contributed by atoms with E-state index in [1.165, 1.54) is 4.90 Å². The molecule has 2 heterocycles. The zero-order chi connectivity index (χ0) is 23.3. The van der Waals surface area contributed by atoms with E-state index in [-0.39, 0.29) is 24.8 Å². The lowest BCUT2D eigenvalue weighted by molar-refractivity contribution is -0.301. The van der Waals surface area contributed by atoms with Crippen LogP contribution in [-0.2, 0) is 19.2 Å². The second-order valence-corrected chi connectivity index (χ2v) is 8.96. The number of rotatable bonds is 4. The largest absolute Gasteiger partial charge is 0.394 e. The standard InChI is InChI=1S/C20H30N2O10/c1-2-22-18(29)8-4-3-7-9(5-10(24)14(25)12(7)13(8)19(22)30)21-32-20-17(28)16(27)15(26)11(6-23)31-20/h7-8,10-17,20,23-28H,2-6H2,1H3/b21-9+/t7-,8+,10+,11+,12-,13+,14+,15+,16-,17+,20-/m0/s1. The molecule has 2 aliphatic heterocycles. The van der Waals surface area contributed by atoms with Crippen molar-refractivity contribution in [2.24, 2.45) is 28.8 Å². The number of carbonyl (C=O) groups excluding carboxylic acids is 2. The van der Waals surface area contributed by atoms with Crippen LogP contribution in [0.5, 0.6) is 0 Å². The molecule has 12 nitrogen and oxygen atoms in total. The molecule has 0 unspecified atom stereocenters. The number of aliphatic hydroxyl groups excluding tert-OH is 6. The summed E-state index contributed by atoms with van der Waals surface area (Å²) < 4.78 is 5.28. The van der Waals surface area contributed by atoms with Crippen LogP contribution in [0, 0.1) is 23.7 Å². The molecular weight excluding hydrogens is 428 g/mol. The Balaban J connectivity index is 1.56. The quantitative estimate of drug-likeness (QED) is 0.186. The van der Waals surface area contributed by atoms with Gasteiger partial charge in [0, 0.05) is 24.8 Å². The Morgan fingerprint density at radius 3 is 2.34 bits per heavy atom. The number of aliphatic hydroxyl groups is 6. The number of fused-ring (bicyclic) bond motifs is 3. The molecule has 0 bridgehead atoms. The van der Waals surface area contributed by atoms with Gasteiger partial charge in [0.25, 0.3) is 6.29 Å². The number of carbonyl (C=O) groups is 2. The number of ether oxygens (including phenoxy) is 1. The highest BCUT2D eigenvalue weighted by Crippen LogP contribution is 2.49. The number of hydrogen-bond donors (Lipinski definition) is 6. The minimum atomic E-state index is -1.64. The number of amides is 2. The Morgan fingerprint density at radius 1 is 1.00 bits per heavy atom. The van der Waals surface area contributed by atoms with Crippen LogP contribution in [0.1, 0.15) is 26.2 Å². The van der Waals surface area contributed by atoms with Crippen LogP contribution in [-0.4, -0.2) is 109 Å². The van der Waals surface area contributed by atoms with Gasteiger partial charge in [0.1, 0.15) is 24.4 Å². The van der Waals surface area contributed by atoms with Gasteiger partial charge in [-0.05, 0) is 19.8 Å². The summed E-state index contributed by atoms with van der Waals surface area (Å²) in [6, 6.07) is 0. The van der Waals surface area contributed by atoms with Crippen LogP contribution in [0.15, 0.2) is 5.16 Å². The number of hydrogen-bond acceptors (Lipinski definition) is 11. The molecule has 2 saturated carbocycles. The average molecular weight is 458 g/mol. The predicted octanol–water partition coefficient (Wildman–Crippen LogP) is -3.07. The van der Waals surface area contributed by atoms with Crippen molar-refractivity contribution in [2.45, 2.75) is 69.1 Å². The van der Waals surface area contributed by atoms with Crippen molar-refractivity contribution >= 4 is 17.5 Å². The summed E-state index contributed by atoms with van der Waals surface area (Å²) in [6.45, 7) is 1.32. The molecule has 180 valence electrons. The van der Waals surface area contributed by atoms with E-state index in [1.54, 1.807) is 6.92 Å². The molecule has 32 heavy (non-hydrogen) atoms. The third-order valence-corrected chi connectivity index (χ3v) is 7.31. The van der Waals surface area contributed by atoms with Gasteiger partial charge in [0.2, 0.25) is 11.8 Å². The third kappa shape index (κ3) is 3.63. The van der Waals surface area contributed by atoms with E-state index in [9.17, 15) is 40.2 Å². The van der Waals surface area contributed by atoms with Crippen molar-refractivity contribution in [1.82, 2.24) is 4.90 Å². The van der Waals surface area contributed by atoms with Gasteiger partial charge in [-0.15, -0.1) is 0 Å². The first kappa shape index (κ1) is 23.5. The molecule has 12 heteroatoms. The van der Waals surface area contributed by atoms with Gasteiger partial charge < -0.3 is 40.2 Å². The second-order valence-electron chi connectivity index (χ2n) is 8.96. The molecule has 11 atom stereocenters. The molecule has 0 radical (unpaired) electrons. The summed E-state index contributed by atoms with van der Waals surface area (Å²) in [7, 11) is 0. The smallest absolute Gasteiger partial charge is 0.256 e. The van der Waals surface area contributed by atoms with E-state index in [0.29, 0.717) is 18.6 Å². The highest BCUT2D eigenvalue weighted by molar-refractivity contribution is 6.06. The minimum absolute atomic E-state index is 0.0449. The molecule has 2 amide bonds. The predicted molar refractivity (Wildman–Crippen MR) is 105 cm³/mol. The minimum Gasteiger partial charge on any atom is -0.394 e. The molecule has 0 aromatic rings. The van der Waals surface area contributed by atoms with Crippen LogP contribution >= 0.6 is 0 Å². The van der Waals surface area contributed by atoms with E-state index >= 15 is 0 Å². The normalized spacial score (nSPS) is 48.0. The first-order valence-corrected chi connectivity index (χ1v) is 11.0. The van der Waals surface area contributed by atoms with Crippen molar-refractivity contribution in [3.05, 3.63) is 0 Å². The highest BCUT2D eigenvalue weighted by atomic mass is 16.8. The fourth-order valence-electron chi connectivity index (χ4n) is 5.63. The molecule has 2 aliphatic carbocycles. The van der Waals surface area contributed by atoms with Gasteiger partial charge in [-0.2, -0.15) is 0 Å². The lowest BCUT2D eigenvalue weighted by atomic mass is 9.60. The third-order valence-electron chi connectivity index (χ3n) is 7.31. The van der Waals surface area contributed by atoms with Crippen LogP contribution in [0.4, 0.5) is 0 Å². The summed E-state index contributed by atoms with van der Waals surface area (Å²) >= 11 is 0. The van der Waals surface area contributed by atoms with Crippen molar-refractivity contribution < 1.29 is 49.8 Å². The van der Waals surface area contributed by atoms with E-state index in [0.717, 1.165) is 0 Å². The molecule has 0 aromatic heterocycles. The molecule has 4 fully saturated rings. The van der Waals surface area contributed by atoms with Gasteiger partial charge >= 0.3 is 0 Å². The lowest BCUT2D eigenvalue weighted by Crippen LogP contribution is -2.59. The maximum Gasteiger partial charge on any atom is 0.256 e. The molecule has 0 spiro atoms. The molecule has 4 rings (SSSR count). The molecule has 6 N–H and O–H groups in total. The van der Waals surface area contributed by atoms with Gasteiger partial charge in [0.15, 0.2) is 0 Å². The average Bonchev–Trinajstić information content (AvgIpc) is 3.03. The van der Waals surface area contributed by atoms with Gasteiger partial charge in [-0.25, -0.2) is 0 Å². The van der Waals surface area contributed by atoms with E-state index in [1.807, 2.05) is 0 Å². The first-order valence-electron chi connectivity index (χ1n) is 11.0. The molecular formula is C20H30N2O10. The SMILES string of the molecule is CCN1C(=O)[C@H]2[C@H]3[C@H](O)[C@H](O)C/C(=N\O[C@@H]4O[C@H](CO)[C@@H](O)[C@H](O)[C@H]4O)[C@@H]3CC[C@H]2C1=O. The Hall–Kier alpha value is -1.67. The first-order chi connectivity index (χ1) is 15.2. The number of likely N-dealkylation sites (tertiary alicyclic amines) is 1. The molecule has 0 aromatic carbocycles. The summed E-state index contributed by atoms with van der Waals surface area (Å²) in [6.07, 6.45) is -9.08. The van der Waals surface area contributed by atoms with Crippen LogP contribution in [0.2, 0.25) is 0 Å². The number of oxime groups is 1. The van der Waals surface area contributed by atoms with E-state index in [2.05, 4.69) is 5.16 Å². The fraction of sp³-hybridized carbons (Fsp3) is 0.850. The van der Waals surface area contributed by atoms with Gasteiger partial charge in [-0.3, -0.25) is 14.5 Å². The van der Waals surface area contributed by atoms with Crippen molar-refractivity contribution in [2.75, 3.05) is 13.2 Å². The van der Waals surface area contributed by atoms with E-state index < -0.39 is 73.2 Å². The van der Waals surface area contributed by atoms with Gasteiger partial charge in [-0.1, -0.05) is 5.16 Å². The summed E-state index contributed by atoms with van der Waals surface area (Å²) in [5.74, 6) is -3.08. The number of imide groups is 1. The number of nitrogens with zero attached hydrogens (tertiary/aromatic N) is 2. The molecule has 2 saturated heterocycles. The van der Waals surface area contributed by atoms with Crippen molar-refractivity contribution in [3.63, 3.8) is 0 Å². The zero-order valence-electron chi connectivity index (χ0n) is 17.6. The maximum atomic E-state index is 12.9. The maximum absolute atomic E-state index is 12.9. The Bertz CT molecular complexity index is 775. The highest BCUT2D eigenvalue weighted by Gasteiger charge is 2.59. The summed E-state index contributed by atoms with van der Waals surface area (Å²) in [5, 5.41) is 64.4. The summed E-state index contributed by atoms with van der Waals surface area (Å²) in [4.78, 5) is 32.0. The lowest BCUT2D eigenvalue weighted by Gasteiger charge is -2.45. The van der Waals surface area contributed by atoms with Crippen molar-refractivity contribution in [3.8, 4) is 0 Å². The second kappa shape index (κ2) is 8.93. The summed E-state index contributed by atoms with van der Waals surface area (Å²) in [5.41, 5.74) is 0.346. The van der Waals surface area contributed by atoms with Crippen LogP contribution in [0.3, 0.4) is 0 Å². The zero-order valence-corrected chi connectivity index (χ0v) is 17.6. The Morgan fingerprint density at radius 2 is 1.69 bits per heavy atom. The van der Waals surface area contributed by atoms with Crippen molar-refractivity contribution in [1.29, 1.82) is 0 Å². The van der Waals surface area contributed by atoms with Crippen LogP contribution < -0.4 is 0 Å². The van der Waals surface area contributed by atoms with Crippen LogP contribution in [0.25, 0.3) is 0 Å². The van der Waals surface area contributed by atoms with E-state index in [4.69, 9.17) is 9.57 Å². The topological polar surface area (TPSA) is 190 Å². The molecule has 4 aliphatic rings. The Kier molecular flexibility index (Phi) is 6.56. The Labute approximate surface area is 184 Å². The fourth-order valence-corrected chi connectivity index (χ4v) is 5.63. The van der Waals surface area contributed by atoms with Gasteiger partial charge in [0.05, 0.1) is 36.4 Å².